The Hall–Kier alpha value is -1.60. The molecule has 21 heavy (non-hydrogen) atoms. The number of carbonyl (C=O) groups is 2. The van der Waals surface area contributed by atoms with Crippen LogP contribution in [0, 0.1) is 13.8 Å². The standard InChI is InChI=1S/C14H20N2O4S/c1-7-5-16(6-8(2)20-7)14(19)15-12-11(13(17)18)9(3)10(4)21-12/h7-8H,5-6H2,1-4H3,(H,15,19)(H,17,18). The lowest BCUT2D eigenvalue weighted by Gasteiger charge is -2.35. The number of nitrogens with zero attached hydrogens (tertiary/aromatic N) is 1. The van der Waals surface area contributed by atoms with E-state index in [0.717, 1.165) is 4.88 Å². The van der Waals surface area contributed by atoms with Gasteiger partial charge in [-0.3, -0.25) is 5.32 Å². The van der Waals surface area contributed by atoms with Gasteiger partial charge in [-0.25, -0.2) is 9.59 Å². The summed E-state index contributed by atoms with van der Waals surface area (Å²) in [7, 11) is 0. The highest BCUT2D eigenvalue weighted by atomic mass is 32.1. The van der Waals surface area contributed by atoms with Gasteiger partial charge < -0.3 is 14.7 Å². The quantitative estimate of drug-likeness (QED) is 0.880. The molecule has 0 radical (unpaired) electrons. The van der Waals surface area contributed by atoms with Crippen molar-refractivity contribution >= 4 is 28.3 Å². The first-order chi connectivity index (χ1) is 9.79. The molecule has 116 valence electrons. The second-order valence-corrected chi connectivity index (χ2v) is 6.61. The fourth-order valence-electron chi connectivity index (χ4n) is 2.49. The van der Waals surface area contributed by atoms with Crippen LogP contribution in [0.2, 0.25) is 0 Å². The molecular formula is C14H20N2O4S. The number of hydrogen-bond acceptors (Lipinski definition) is 4. The molecule has 1 aliphatic rings. The molecule has 2 amide bonds. The van der Waals surface area contributed by atoms with E-state index in [1.165, 1.54) is 11.3 Å². The van der Waals surface area contributed by atoms with Gasteiger partial charge >= 0.3 is 12.0 Å². The lowest BCUT2D eigenvalue weighted by molar-refractivity contribution is -0.0530. The summed E-state index contributed by atoms with van der Waals surface area (Å²) in [5.41, 5.74) is 0.881. The topological polar surface area (TPSA) is 78.9 Å². The fourth-order valence-corrected chi connectivity index (χ4v) is 3.53. The molecule has 0 aromatic carbocycles. The fraction of sp³-hybridized carbons (Fsp3) is 0.571. The van der Waals surface area contributed by atoms with Crippen LogP contribution in [-0.4, -0.2) is 47.3 Å². The van der Waals surface area contributed by atoms with Crippen molar-refractivity contribution in [3.63, 3.8) is 0 Å². The number of amides is 2. The normalized spacial score (nSPS) is 22.2. The molecule has 1 aliphatic heterocycles. The smallest absolute Gasteiger partial charge is 0.338 e. The molecule has 1 fully saturated rings. The molecule has 6 nitrogen and oxygen atoms in total. The first-order valence-electron chi connectivity index (χ1n) is 6.84. The summed E-state index contributed by atoms with van der Waals surface area (Å²) in [6, 6.07) is -0.277. The van der Waals surface area contributed by atoms with Crippen LogP contribution in [0.5, 0.6) is 0 Å². The Labute approximate surface area is 127 Å². The molecule has 0 spiro atoms. The largest absolute Gasteiger partial charge is 0.478 e. The molecule has 2 rings (SSSR count). The van der Waals surface area contributed by atoms with Crippen molar-refractivity contribution < 1.29 is 19.4 Å². The molecule has 0 saturated carbocycles. The lowest BCUT2D eigenvalue weighted by Crippen LogP contribution is -2.49. The van der Waals surface area contributed by atoms with Crippen LogP contribution >= 0.6 is 11.3 Å². The summed E-state index contributed by atoms with van der Waals surface area (Å²) in [6.07, 6.45) is -0.0458. The van der Waals surface area contributed by atoms with E-state index in [-0.39, 0.29) is 23.8 Å². The second-order valence-electron chi connectivity index (χ2n) is 5.38. The van der Waals surface area contributed by atoms with Crippen LogP contribution < -0.4 is 5.32 Å². The Morgan fingerprint density at radius 1 is 1.29 bits per heavy atom. The van der Waals surface area contributed by atoms with Crippen LogP contribution in [0.25, 0.3) is 0 Å². The summed E-state index contributed by atoms with van der Waals surface area (Å²) in [6.45, 7) is 8.44. The minimum atomic E-state index is -1.02. The number of rotatable bonds is 2. The Balaban J connectivity index is 2.16. The molecule has 0 bridgehead atoms. The van der Waals surface area contributed by atoms with Crippen LogP contribution in [0.1, 0.15) is 34.6 Å². The van der Waals surface area contributed by atoms with Gasteiger partial charge in [0.2, 0.25) is 0 Å². The van der Waals surface area contributed by atoms with Crippen molar-refractivity contribution in [2.45, 2.75) is 39.9 Å². The number of nitrogens with one attached hydrogen (secondary N) is 1. The molecule has 0 aliphatic carbocycles. The van der Waals surface area contributed by atoms with E-state index >= 15 is 0 Å². The highest BCUT2D eigenvalue weighted by molar-refractivity contribution is 7.16. The summed E-state index contributed by atoms with van der Waals surface area (Å²) in [5, 5.41) is 12.4. The van der Waals surface area contributed by atoms with Crippen LogP contribution in [0.3, 0.4) is 0 Å². The van der Waals surface area contributed by atoms with Gasteiger partial charge in [0.25, 0.3) is 0 Å². The van der Waals surface area contributed by atoms with E-state index in [9.17, 15) is 14.7 Å². The van der Waals surface area contributed by atoms with E-state index in [1.54, 1.807) is 11.8 Å². The van der Waals surface area contributed by atoms with Gasteiger partial charge in [0, 0.05) is 18.0 Å². The SMILES string of the molecule is Cc1sc(NC(=O)N2CC(C)OC(C)C2)c(C(=O)O)c1C. The number of hydrogen-bond donors (Lipinski definition) is 2. The number of carbonyl (C=O) groups excluding carboxylic acids is 1. The van der Waals surface area contributed by atoms with Gasteiger partial charge in [0.05, 0.1) is 17.8 Å². The summed E-state index contributed by atoms with van der Waals surface area (Å²) in [4.78, 5) is 26.2. The number of aromatic carboxylic acids is 1. The monoisotopic (exact) mass is 312 g/mol. The Kier molecular flexibility index (Phi) is 4.53. The minimum Gasteiger partial charge on any atom is -0.478 e. The predicted octanol–water partition coefficient (Wildman–Crippen LogP) is 2.70. The Morgan fingerprint density at radius 2 is 1.86 bits per heavy atom. The van der Waals surface area contributed by atoms with Gasteiger partial charge in [0.15, 0.2) is 0 Å². The van der Waals surface area contributed by atoms with Crippen LogP contribution in [0.4, 0.5) is 9.80 Å². The van der Waals surface area contributed by atoms with E-state index in [2.05, 4.69) is 5.32 Å². The van der Waals surface area contributed by atoms with E-state index < -0.39 is 5.97 Å². The number of aryl methyl sites for hydroxylation is 1. The highest BCUT2D eigenvalue weighted by Gasteiger charge is 2.28. The molecule has 1 aromatic heterocycles. The molecular weight excluding hydrogens is 292 g/mol. The van der Waals surface area contributed by atoms with Crippen LogP contribution in [-0.2, 0) is 4.74 Å². The molecule has 2 N–H and O–H groups in total. The third-order valence-electron chi connectivity index (χ3n) is 3.53. The molecule has 1 saturated heterocycles. The Bertz CT molecular complexity index is 560. The number of anilines is 1. The van der Waals surface area contributed by atoms with Crippen molar-refractivity contribution in [1.29, 1.82) is 0 Å². The maximum Gasteiger partial charge on any atom is 0.338 e. The zero-order valence-electron chi connectivity index (χ0n) is 12.6. The van der Waals surface area contributed by atoms with Gasteiger partial charge in [-0.2, -0.15) is 0 Å². The van der Waals surface area contributed by atoms with Crippen molar-refractivity contribution in [2.75, 3.05) is 18.4 Å². The predicted molar refractivity (Wildman–Crippen MR) is 81.4 cm³/mol. The number of ether oxygens (including phenoxy) is 1. The lowest BCUT2D eigenvalue weighted by atomic mass is 10.1. The molecule has 7 heteroatoms. The number of carboxylic acids is 1. The third kappa shape index (κ3) is 3.36. The molecule has 2 heterocycles. The maximum absolute atomic E-state index is 12.3. The van der Waals surface area contributed by atoms with E-state index in [1.807, 2.05) is 20.8 Å². The summed E-state index contributed by atoms with van der Waals surface area (Å²) < 4.78 is 5.59. The van der Waals surface area contributed by atoms with Gasteiger partial charge in [-0.05, 0) is 33.3 Å². The highest BCUT2D eigenvalue weighted by Crippen LogP contribution is 2.32. The first kappa shape index (κ1) is 15.8. The number of urea groups is 1. The molecule has 2 unspecified atom stereocenters. The van der Waals surface area contributed by atoms with Crippen molar-refractivity contribution in [3.05, 3.63) is 16.0 Å². The molecule has 1 aromatic rings. The van der Waals surface area contributed by atoms with E-state index in [4.69, 9.17) is 4.74 Å². The van der Waals surface area contributed by atoms with Gasteiger partial charge in [-0.15, -0.1) is 11.3 Å². The van der Waals surface area contributed by atoms with Crippen molar-refractivity contribution in [3.8, 4) is 0 Å². The Morgan fingerprint density at radius 3 is 2.38 bits per heavy atom. The summed E-state index contributed by atoms with van der Waals surface area (Å²) >= 11 is 1.29. The van der Waals surface area contributed by atoms with Gasteiger partial charge in [0.1, 0.15) is 5.00 Å². The van der Waals surface area contributed by atoms with E-state index in [0.29, 0.717) is 23.7 Å². The first-order valence-corrected chi connectivity index (χ1v) is 7.66. The van der Waals surface area contributed by atoms with Crippen molar-refractivity contribution in [2.24, 2.45) is 0 Å². The van der Waals surface area contributed by atoms with Crippen molar-refractivity contribution in [1.82, 2.24) is 4.90 Å². The van der Waals surface area contributed by atoms with Gasteiger partial charge in [-0.1, -0.05) is 0 Å². The average molecular weight is 312 g/mol. The minimum absolute atomic E-state index is 0.0229. The molecule has 2 atom stereocenters. The zero-order chi connectivity index (χ0) is 15.7. The maximum atomic E-state index is 12.3. The average Bonchev–Trinajstić information content (AvgIpc) is 2.63. The number of thiophene rings is 1. The third-order valence-corrected chi connectivity index (χ3v) is 4.65. The zero-order valence-corrected chi connectivity index (χ0v) is 13.4. The van der Waals surface area contributed by atoms with Crippen LogP contribution in [0.15, 0.2) is 0 Å². The summed E-state index contributed by atoms with van der Waals surface area (Å²) in [5.74, 6) is -1.02. The number of morpholine rings is 1. The number of carboxylic acid groups (broad SMARTS) is 1. The second kappa shape index (κ2) is 6.03.